The molecule has 1 heterocycles. The van der Waals surface area contributed by atoms with Crippen LogP contribution in [0.15, 0.2) is 30.3 Å². The van der Waals surface area contributed by atoms with E-state index in [2.05, 4.69) is 10.4 Å². The molecule has 28 heavy (non-hydrogen) atoms. The fraction of sp³-hybridized carbons (Fsp3) is 0.524. The molecule has 4 nitrogen and oxygen atoms in total. The van der Waals surface area contributed by atoms with E-state index in [4.69, 9.17) is 0 Å². The van der Waals surface area contributed by atoms with E-state index in [1.54, 1.807) is 16.8 Å². The number of carbonyl (C=O) groups is 1. The minimum absolute atomic E-state index is 0.0266. The van der Waals surface area contributed by atoms with E-state index in [1.807, 2.05) is 6.92 Å². The number of hydrogen-bond donors (Lipinski definition) is 1. The van der Waals surface area contributed by atoms with Gasteiger partial charge in [0.15, 0.2) is 5.82 Å². The molecule has 4 rings (SSSR count). The van der Waals surface area contributed by atoms with Crippen molar-refractivity contribution in [3.8, 4) is 0 Å². The van der Waals surface area contributed by atoms with Crippen molar-refractivity contribution >= 4 is 11.7 Å². The van der Waals surface area contributed by atoms with Crippen molar-refractivity contribution in [3.05, 3.63) is 47.2 Å². The molecule has 2 aliphatic rings. The van der Waals surface area contributed by atoms with E-state index in [0.717, 1.165) is 30.2 Å². The zero-order valence-corrected chi connectivity index (χ0v) is 15.8. The Morgan fingerprint density at radius 2 is 2.07 bits per heavy atom. The van der Waals surface area contributed by atoms with E-state index in [9.17, 15) is 18.0 Å². The van der Waals surface area contributed by atoms with E-state index in [0.29, 0.717) is 29.6 Å². The van der Waals surface area contributed by atoms with Gasteiger partial charge in [-0.1, -0.05) is 18.6 Å². The summed E-state index contributed by atoms with van der Waals surface area (Å²) in [6.07, 6.45) is 1.13. The number of hydrogen-bond acceptors (Lipinski definition) is 2. The smallest absolute Gasteiger partial charge is 0.309 e. The van der Waals surface area contributed by atoms with Crippen molar-refractivity contribution in [2.45, 2.75) is 51.7 Å². The fourth-order valence-corrected chi connectivity index (χ4v) is 4.81. The van der Waals surface area contributed by atoms with Crippen LogP contribution in [0.25, 0.3) is 0 Å². The number of aryl methyl sites for hydroxylation is 1. The number of anilines is 1. The van der Waals surface area contributed by atoms with Crippen LogP contribution in [0.5, 0.6) is 0 Å². The van der Waals surface area contributed by atoms with Gasteiger partial charge in [0.2, 0.25) is 5.91 Å². The number of rotatable bonds is 5. The third-order valence-corrected chi connectivity index (χ3v) is 6.17. The average Bonchev–Trinajstić information content (AvgIpc) is 3.31. The maximum absolute atomic E-state index is 12.9. The lowest BCUT2D eigenvalue weighted by Gasteiger charge is -2.20. The SMILES string of the molecule is Cc1cc(NC(=O)CC2CC3CCC2C3)nn1Cc1cccc(C(F)(F)F)c1. The molecule has 1 aromatic carbocycles. The molecule has 2 bridgehead atoms. The summed E-state index contributed by atoms with van der Waals surface area (Å²) in [7, 11) is 0. The van der Waals surface area contributed by atoms with Crippen LogP contribution in [0, 0.1) is 24.7 Å². The molecule has 2 aliphatic carbocycles. The first kappa shape index (κ1) is 19.0. The molecule has 3 unspecified atom stereocenters. The Bertz CT molecular complexity index is 874. The minimum atomic E-state index is -4.37. The average molecular weight is 391 g/mol. The third kappa shape index (κ3) is 4.08. The highest BCUT2D eigenvalue weighted by Crippen LogP contribution is 2.49. The van der Waals surface area contributed by atoms with Gasteiger partial charge in [0, 0.05) is 18.2 Å². The van der Waals surface area contributed by atoms with Gasteiger partial charge in [-0.2, -0.15) is 18.3 Å². The number of halogens is 3. The summed E-state index contributed by atoms with van der Waals surface area (Å²) in [5.74, 6) is 2.40. The van der Waals surface area contributed by atoms with Crippen LogP contribution in [0.2, 0.25) is 0 Å². The fourth-order valence-electron chi connectivity index (χ4n) is 4.81. The highest BCUT2D eigenvalue weighted by molar-refractivity contribution is 5.90. The van der Waals surface area contributed by atoms with Crippen molar-refractivity contribution in [2.75, 3.05) is 5.32 Å². The Balaban J connectivity index is 1.39. The van der Waals surface area contributed by atoms with Crippen LogP contribution in [0.3, 0.4) is 0 Å². The molecule has 7 heteroatoms. The monoisotopic (exact) mass is 391 g/mol. The van der Waals surface area contributed by atoms with Crippen LogP contribution < -0.4 is 5.32 Å². The van der Waals surface area contributed by atoms with Gasteiger partial charge in [0.1, 0.15) is 0 Å². The molecular formula is C21H24F3N3O. The van der Waals surface area contributed by atoms with Gasteiger partial charge >= 0.3 is 6.18 Å². The number of fused-ring (bicyclic) bond motifs is 2. The molecule has 150 valence electrons. The lowest BCUT2D eigenvalue weighted by atomic mass is 9.86. The topological polar surface area (TPSA) is 46.9 Å². The predicted octanol–water partition coefficient (Wildman–Crippen LogP) is 5.02. The van der Waals surface area contributed by atoms with Crippen LogP contribution in [0.1, 0.15) is 48.9 Å². The van der Waals surface area contributed by atoms with Crippen LogP contribution >= 0.6 is 0 Å². The van der Waals surface area contributed by atoms with E-state index >= 15 is 0 Å². The zero-order chi connectivity index (χ0) is 19.9. The Labute approximate surface area is 162 Å². The van der Waals surface area contributed by atoms with E-state index in [-0.39, 0.29) is 12.5 Å². The molecule has 2 aromatic rings. The summed E-state index contributed by atoms with van der Waals surface area (Å²) in [6.45, 7) is 2.05. The lowest BCUT2D eigenvalue weighted by molar-refractivity contribution is -0.137. The number of benzene rings is 1. The molecule has 3 atom stereocenters. The summed E-state index contributed by atoms with van der Waals surface area (Å²) in [4.78, 5) is 12.4. The van der Waals surface area contributed by atoms with Gasteiger partial charge in [-0.05, 0) is 61.6 Å². The van der Waals surface area contributed by atoms with Crippen molar-refractivity contribution in [1.82, 2.24) is 9.78 Å². The third-order valence-electron chi connectivity index (χ3n) is 6.17. The zero-order valence-electron chi connectivity index (χ0n) is 15.8. The summed E-state index contributed by atoms with van der Waals surface area (Å²) in [6, 6.07) is 6.99. The molecule has 0 aliphatic heterocycles. The summed E-state index contributed by atoms with van der Waals surface area (Å²) >= 11 is 0. The Morgan fingerprint density at radius 3 is 2.75 bits per heavy atom. The maximum atomic E-state index is 12.9. The Hall–Kier alpha value is -2.31. The van der Waals surface area contributed by atoms with Crippen LogP contribution in [-0.2, 0) is 17.5 Å². The maximum Gasteiger partial charge on any atom is 0.416 e. The van der Waals surface area contributed by atoms with Crippen molar-refractivity contribution in [3.63, 3.8) is 0 Å². The number of nitrogens with zero attached hydrogens (tertiary/aromatic N) is 2. The standard InChI is InChI=1S/C21H24F3N3O/c1-13-7-19(25-20(28)11-17-9-14-5-6-16(17)8-14)26-27(13)12-15-3-2-4-18(10-15)21(22,23)24/h2-4,7,10,14,16-17H,5-6,8-9,11-12H2,1H3,(H,25,26,28). The molecule has 0 spiro atoms. The molecule has 2 fully saturated rings. The Kier molecular flexibility index (Phi) is 4.93. The quantitative estimate of drug-likeness (QED) is 0.778. The molecule has 0 saturated heterocycles. The molecule has 1 amide bonds. The summed E-state index contributed by atoms with van der Waals surface area (Å²) < 4.78 is 40.3. The van der Waals surface area contributed by atoms with Crippen LogP contribution in [0.4, 0.5) is 19.0 Å². The lowest BCUT2D eigenvalue weighted by Crippen LogP contribution is -2.20. The van der Waals surface area contributed by atoms with Gasteiger partial charge < -0.3 is 5.32 Å². The Morgan fingerprint density at radius 1 is 1.25 bits per heavy atom. The molecular weight excluding hydrogens is 367 g/mol. The van der Waals surface area contributed by atoms with Gasteiger partial charge in [0.25, 0.3) is 0 Å². The first-order valence-electron chi connectivity index (χ1n) is 9.78. The molecule has 0 radical (unpaired) electrons. The van der Waals surface area contributed by atoms with Crippen LogP contribution in [-0.4, -0.2) is 15.7 Å². The number of aromatic nitrogens is 2. The second-order valence-corrected chi connectivity index (χ2v) is 8.21. The van der Waals surface area contributed by atoms with Gasteiger partial charge in [-0.25, -0.2) is 0 Å². The predicted molar refractivity (Wildman–Crippen MR) is 99.7 cm³/mol. The van der Waals surface area contributed by atoms with Gasteiger partial charge in [0.05, 0.1) is 12.1 Å². The number of carbonyl (C=O) groups excluding carboxylic acids is 1. The van der Waals surface area contributed by atoms with Crippen molar-refractivity contribution in [2.24, 2.45) is 17.8 Å². The molecule has 1 aromatic heterocycles. The highest BCUT2D eigenvalue weighted by atomic mass is 19.4. The van der Waals surface area contributed by atoms with E-state index in [1.165, 1.54) is 25.3 Å². The normalized spacial score (nSPS) is 23.9. The summed E-state index contributed by atoms with van der Waals surface area (Å²) in [5, 5.41) is 7.22. The molecule has 2 saturated carbocycles. The first-order chi connectivity index (χ1) is 13.3. The molecule has 1 N–H and O–H groups in total. The highest BCUT2D eigenvalue weighted by Gasteiger charge is 2.40. The van der Waals surface area contributed by atoms with E-state index < -0.39 is 11.7 Å². The number of amides is 1. The largest absolute Gasteiger partial charge is 0.416 e. The second-order valence-electron chi connectivity index (χ2n) is 8.21. The van der Waals surface area contributed by atoms with Crippen molar-refractivity contribution in [1.29, 1.82) is 0 Å². The first-order valence-corrected chi connectivity index (χ1v) is 9.78. The minimum Gasteiger partial charge on any atom is -0.309 e. The van der Waals surface area contributed by atoms with Gasteiger partial charge in [-0.3, -0.25) is 9.48 Å². The number of nitrogens with one attached hydrogen (secondary N) is 1. The van der Waals surface area contributed by atoms with Crippen molar-refractivity contribution < 1.29 is 18.0 Å². The van der Waals surface area contributed by atoms with Gasteiger partial charge in [-0.15, -0.1) is 0 Å². The number of alkyl halides is 3. The summed E-state index contributed by atoms with van der Waals surface area (Å²) in [5.41, 5.74) is 0.628. The second kappa shape index (κ2) is 7.26.